The lowest BCUT2D eigenvalue weighted by atomic mass is 10.0. The summed E-state index contributed by atoms with van der Waals surface area (Å²) < 4.78 is 0. The van der Waals surface area contributed by atoms with Crippen molar-refractivity contribution in [3.63, 3.8) is 0 Å². The lowest BCUT2D eigenvalue weighted by Gasteiger charge is -2.05. The van der Waals surface area contributed by atoms with Crippen molar-refractivity contribution < 1.29 is 24.6 Å². The van der Waals surface area contributed by atoms with Gasteiger partial charge in [-0.25, -0.2) is 5.43 Å². The first-order chi connectivity index (χ1) is 7.00. The maximum absolute atomic E-state index is 10.7. The van der Waals surface area contributed by atoms with Gasteiger partial charge in [-0.3, -0.25) is 14.4 Å². The van der Waals surface area contributed by atoms with Gasteiger partial charge in [-0.1, -0.05) is 0 Å². The summed E-state index contributed by atoms with van der Waals surface area (Å²) in [6.07, 6.45) is 0.256. The Kier molecular flexibility index (Phi) is 3.37. The first-order valence-electron chi connectivity index (χ1n) is 4.30. The van der Waals surface area contributed by atoms with Gasteiger partial charge in [0.05, 0.1) is 6.42 Å². The predicted octanol–water partition coefficient (Wildman–Crippen LogP) is -0.572. The van der Waals surface area contributed by atoms with Crippen LogP contribution in [0.5, 0.6) is 0 Å². The third kappa shape index (κ3) is 3.04. The van der Waals surface area contributed by atoms with Gasteiger partial charge in [-0.2, -0.15) is 5.10 Å². The van der Waals surface area contributed by atoms with E-state index in [-0.39, 0.29) is 25.2 Å². The van der Waals surface area contributed by atoms with Crippen molar-refractivity contribution in [3.05, 3.63) is 0 Å². The van der Waals surface area contributed by atoms with E-state index in [1.807, 2.05) is 0 Å². The van der Waals surface area contributed by atoms with Crippen molar-refractivity contribution in [1.29, 1.82) is 0 Å². The molecule has 1 aliphatic heterocycles. The van der Waals surface area contributed by atoms with Crippen molar-refractivity contribution in [2.75, 3.05) is 0 Å². The van der Waals surface area contributed by atoms with Gasteiger partial charge in [0.2, 0.25) is 5.91 Å². The second-order valence-corrected chi connectivity index (χ2v) is 3.16. The lowest BCUT2D eigenvalue weighted by molar-refractivity contribution is -0.154. The fraction of sp³-hybridized carbons (Fsp3) is 0.500. The zero-order valence-electron chi connectivity index (χ0n) is 7.77. The van der Waals surface area contributed by atoms with Gasteiger partial charge in [-0.05, 0) is 12.8 Å². The zero-order chi connectivity index (χ0) is 11.4. The Morgan fingerprint density at radius 3 is 2.40 bits per heavy atom. The second-order valence-electron chi connectivity index (χ2n) is 3.16. The highest BCUT2D eigenvalue weighted by Gasteiger charge is 2.26. The van der Waals surface area contributed by atoms with Gasteiger partial charge in [0.1, 0.15) is 0 Å². The normalized spacial score (nSPS) is 15.0. The van der Waals surface area contributed by atoms with Crippen LogP contribution in [0.1, 0.15) is 19.3 Å². The average Bonchev–Trinajstić information content (AvgIpc) is 2.50. The van der Waals surface area contributed by atoms with Crippen LogP contribution in [-0.4, -0.2) is 33.8 Å². The van der Waals surface area contributed by atoms with E-state index in [4.69, 9.17) is 10.2 Å². The molecule has 0 aromatic carbocycles. The molecule has 1 amide bonds. The van der Waals surface area contributed by atoms with Crippen molar-refractivity contribution in [1.82, 2.24) is 5.43 Å². The number of carbonyl (C=O) groups is 3. The summed E-state index contributed by atoms with van der Waals surface area (Å²) in [5.74, 6) is -4.45. The van der Waals surface area contributed by atoms with Crippen molar-refractivity contribution in [2.24, 2.45) is 11.0 Å². The Hall–Kier alpha value is -1.92. The molecular weight excluding hydrogens is 204 g/mol. The lowest BCUT2D eigenvalue weighted by Crippen LogP contribution is -2.24. The number of rotatable bonds is 5. The molecule has 7 nitrogen and oxygen atoms in total. The third-order valence-corrected chi connectivity index (χ3v) is 2.02. The molecule has 0 fully saturated rings. The Labute approximate surface area is 84.8 Å². The van der Waals surface area contributed by atoms with Gasteiger partial charge in [0, 0.05) is 5.71 Å². The van der Waals surface area contributed by atoms with Crippen LogP contribution in [0.25, 0.3) is 0 Å². The molecule has 0 saturated carbocycles. The molecule has 0 radical (unpaired) electrons. The summed E-state index contributed by atoms with van der Waals surface area (Å²) in [5, 5.41) is 20.8. The summed E-state index contributed by atoms with van der Waals surface area (Å²) in [4.78, 5) is 31.7. The fourth-order valence-electron chi connectivity index (χ4n) is 1.21. The number of hydrogen-bond donors (Lipinski definition) is 3. The van der Waals surface area contributed by atoms with E-state index >= 15 is 0 Å². The SMILES string of the molecule is O=C1CC(CCC(C(=O)O)C(=O)O)=NN1. The molecule has 1 rings (SSSR count). The van der Waals surface area contributed by atoms with E-state index in [1.165, 1.54) is 0 Å². The van der Waals surface area contributed by atoms with Crippen LogP contribution in [-0.2, 0) is 14.4 Å². The predicted molar refractivity (Wildman–Crippen MR) is 48.2 cm³/mol. The number of carboxylic acid groups (broad SMARTS) is 2. The highest BCUT2D eigenvalue weighted by molar-refractivity contribution is 6.05. The molecule has 0 aliphatic carbocycles. The number of carbonyl (C=O) groups excluding carboxylic acids is 1. The summed E-state index contributed by atoms with van der Waals surface area (Å²) in [6, 6.07) is 0. The molecule has 0 aromatic rings. The quantitative estimate of drug-likeness (QED) is 0.530. The van der Waals surface area contributed by atoms with Gasteiger partial charge in [0.25, 0.3) is 0 Å². The molecule has 82 valence electrons. The number of hydrogen-bond acceptors (Lipinski definition) is 4. The average molecular weight is 214 g/mol. The summed E-state index contributed by atoms with van der Waals surface area (Å²) >= 11 is 0. The molecule has 0 saturated heterocycles. The van der Waals surface area contributed by atoms with Crippen molar-refractivity contribution in [2.45, 2.75) is 19.3 Å². The Bertz CT molecular complexity index is 322. The Morgan fingerprint density at radius 1 is 1.40 bits per heavy atom. The van der Waals surface area contributed by atoms with E-state index in [1.54, 1.807) is 0 Å². The molecule has 0 spiro atoms. The first-order valence-corrected chi connectivity index (χ1v) is 4.30. The molecule has 0 unspecified atom stereocenters. The van der Waals surface area contributed by atoms with Crippen molar-refractivity contribution in [3.8, 4) is 0 Å². The molecule has 15 heavy (non-hydrogen) atoms. The van der Waals surface area contributed by atoms with Crippen LogP contribution in [0.15, 0.2) is 5.10 Å². The van der Waals surface area contributed by atoms with E-state index in [0.29, 0.717) is 5.71 Å². The van der Waals surface area contributed by atoms with Crippen LogP contribution < -0.4 is 5.43 Å². The van der Waals surface area contributed by atoms with E-state index in [9.17, 15) is 14.4 Å². The fourth-order valence-corrected chi connectivity index (χ4v) is 1.21. The van der Waals surface area contributed by atoms with Gasteiger partial charge in [-0.15, -0.1) is 0 Å². The topological polar surface area (TPSA) is 116 Å². The summed E-state index contributed by atoms with van der Waals surface area (Å²) in [6.45, 7) is 0. The largest absolute Gasteiger partial charge is 0.481 e. The van der Waals surface area contributed by atoms with E-state index < -0.39 is 17.9 Å². The number of amides is 1. The molecular formula is C8H10N2O5. The summed E-state index contributed by atoms with van der Waals surface area (Å²) in [5.41, 5.74) is 2.70. The number of aliphatic carboxylic acids is 2. The van der Waals surface area contributed by atoms with Crippen LogP contribution in [0.3, 0.4) is 0 Å². The molecule has 3 N–H and O–H groups in total. The number of nitrogens with zero attached hydrogens (tertiary/aromatic N) is 1. The monoisotopic (exact) mass is 214 g/mol. The van der Waals surface area contributed by atoms with Crippen LogP contribution in [0.2, 0.25) is 0 Å². The third-order valence-electron chi connectivity index (χ3n) is 2.02. The number of nitrogens with one attached hydrogen (secondary N) is 1. The van der Waals surface area contributed by atoms with Crippen molar-refractivity contribution >= 4 is 23.6 Å². The molecule has 0 bridgehead atoms. The smallest absolute Gasteiger partial charge is 0.317 e. The minimum absolute atomic E-state index is 0.0571. The Morgan fingerprint density at radius 2 is 2.00 bits per heavy atom. The highest BCUT2D eigenvalue weighted by Crippen LogP contribution is 2.11. The second kappa shape index (κ2) is 4.54. The maximum Gasteiger partial charge on any atom is 0.317 e. The molecule has 0 aromatic heterocycles. The van der Waals surface area contributed by atoms with Crippen LogP contribution >= 0.6 is 0 Å². The Balaban J connectivity index is 2.44. The highest BCUT2D eigenvalue weighted by atomic mass is 16.4. The number of hydrazone groups is 1. The van der Waals surface area contributed by atoms with Crippen LogP contribution in [0, 0.1) is 5.92 Å². The summed E-state index contributed by atoms with van der Waals surface area (Å²) in [7, 11) is 0. The van der Waals surface area contributed by atoms with Crippen LogP contribution in [0.4, 0.5) is 0 Å². The van der Waals surface area contributed by atoms with E-state index in [2.05, 4.69) is 10.5 Å². The van der Waals surface area contributed by atoms with Gasteiger partial charge >= 0.3 is 11.9 Å². The van der Waals surface area contributed by atoms with Gasteiger partial charge in [0.15, 0.2) is 5.92 Å². The van der Waals surface area contributed by atoms with Gasteiger partial charge < -0.3 is 10.2 Å². The molecule has 1 aliphatic rings. The zero-order valence-corrected chi connectivity index (χ0v) is 7.77. The molecule has 1 heterocycles. The maximum atomic E-state index is 10.7. The molecule has 0 atom stereocenters. The molecule has 7 heteroatoms. The van der Waals surface area contributed by atoms with E-state index in [0.717, 1.165) is 0 Å². The standard InChI is InChI=1S/C8H10N2O5/c11-6-3-4(9-10-6)1-2-5(7(12)13)8(14)15/h5H,1-3H2,(H,10,11)(H,12,13)(H,14,15). The number of carboxylic acids is 2. The first kappa shape index (κ1) is 11.2. The minimum atomic E-state index is -1.44. The minimum Gasteiger partial charge on any atom is -0.481 e.